The molecule has 0 saturated carbocycles. The zero-order valence-electron chi connectivity index (χ0n) is 21.5. The number of halogens is 1. The molecule has 0 amide bonds. The molecular formula is C37H22ClNO. The lowest BCUT2D eigenvalue weighted by molar-refractivity contribution is 0.493. The average molecular weight is 532 g/mol. The normalized spacial score (nSPS) is 12.7. The highest BCUT2D eigenvalue weighted by Crippen LogP contribution is 2.53. The summed E-state index contributed by atoms with van der Waals surface area (Å²) in [5, 5.41) is 7.62. The van der Waals surface area contributed by atoms with Gasteiger partial charge in [0.1, 0.15) is 11.5 Å². The number of fused-ring (bicyclic) bond motifs is 3. The second kappa shape index (κ2) is 8.11. The first-order valence-corrected chi connectivity index (χ1v) is 14.0. The van der Waals surface area contributed by atoms with Crippen molar-refractivity contribution in [3.05, 3.63) is 137 Å². The molecule has 9 rings (SSSR count). The number of benzene rings is 7. The van der Waals surface area contributed by atoms with E-state index in [2.05, 4.69) is 114 Å². The van der Waals surface area contributed by atoms with Crippen LogP contribution in [0.5, 0.6) is 11.5 Å². The van der Waals surface area contributed by atoms with E-state index in [1.807, 2.05) is 12.1 Å². The van der Waals surface area contributed by atoms with Crippen LogP contribution in [0, 0.1) is 0 Å². The maximum Gasteiger partial charge on any atom is 0.137 e. The van der Waals surface area contributed by atoms with E-state index in [4.69, 9.17) is 16.3 Å². The third-order valence-corrected chi connectivity index (χ3v) is 8.68. The Bertz CT molecular complexity index is 2180. The molecule has 0 bridgehead atoms. The highest BCUT2D eigenvalue weighted by molar-refractivity contribution is 6.33. The monoisotopic (exact) mass is 531 g/mol. The maximum absolute atomic E-state index is 6.53. The minimum absolute atomic E-state index is 0.684. The number of ether oxygens (including phenoxy) is 1. The highest BCUT2D eigenvalue weighted by atomic mass is 35.5. The molecule has 0 aromatic heterocycles. The van der Waals surface area contributed by atoms with Crippen LogP contribution in [-0.4, -0.2) is 0 Å². The number of nitrogens with zero attached hydrogens (tertiary/aromatic N) is 1. The largest absolute Gasteiger partial charge is 0.456 e. The molecule has 1 aliphatic carbocycles. The van der Waals surface area contributed by atoms with Gasteiger partial charge in [0, 0.05) is 44.7 Å². The van der Waals surface area contributed by atoms with Crippen molar-refractivity contribution in [3.63, 3.8) is 0 Å². The number of anilines is 3. The summed E-state index contributed by atoms with van der Waals surface area (Å²) in [6, 6.07) is 43.3. The van der Waals surface area contributed by atoms with Gasteiger partial charge in [0.05, 0.1) is 11.4 Å². The van der Waals surface area contributed by atoms with Gasteiger partial charge in [0.2, 0.25) is 0 Å². The van der Waals surface area contributed by atoms with Crippen molar-refractivity contribution in [2.45, 2.75) is 6.42 Å². The molecule has 0 radical (unpaired) electrons. The van der Waals surface area contributed by atoms with Crippen molar-refractivity contribution < 1.29 is 4.74 Å². The molecule has 0 atom stereocenters. The standard InChI is InChI=1S/C37H22ClNO/c38-25-18-23-16-17-24-20-32(29-13-7-15-33-37(29)36(24)35(23)34(21-25)40-33)39(26-9-2-1-3-10-26)31-14-6-12-28-27-11-5-4-8-22(27)19-30(28)31/h1-18,20-21H,19H2. The van der Waals surface area contributed by atoms with Gasteiger partial charge < -0.3 is 9.64 Å². The summed E-state index contributed by atoms with van der Waals surface area (Å²) in [6.07, 6.45) is 0.916. The summed E-state index contributed by atoms with van der Waals surface area (Å²) in [5.41, 5.74) is 8.86. The Labute approximate surface area is 236 Å². The molecule has 188 valence electrons. The Morgan fingerprint density at radius 2 is 1.35 bits per heavy atom. The lowest BCUT2D eigenvalue weighted by Gasteiger charge is -2.30. The molecule has 1 heterocycles. The van der Waals surface area contributed by atoms with E-state index in [1.54, 1.807) is 0 Å². The summed E-state index contributed by atoms with van der Waals surface area (Å²) >= 11 is 6.47. The van der Waals surface area contributed by atoms with Crippen molar-refractivity contribution in [1.29, 1.82) is 0 Å². The topological polar surface area (TPSA) is 12.5 Å². The van der Waals surface area contributed by atoms with Crippen molar-refractivity contribution in [2.75, 3.05) is 4.90 Å². The lowest BCUT2D eigenvalue weighted by Crippen LogP contribution is -2.13. The minimum atomic E-state index is 0.684. The summed E-state index contributed by atoms with van der Waals surface area (Å²) in [5.74, 6) is 1.68. The molecular weight excluding hydrogens is 510 g/mol. The molecule has 2 nitrogen and oxygen atoms in total. The Hall–Kier alpha value is -4.79. The fourth-order valence-corrected chi connectivity index (χ4v) is 7.05. The van der Waals surface area contributed by atoms with E-state index in [0.29, 0.717) is 5.02 Å². The van der Waals surface area contributed by atoms with Crippen LogP contribution in [0.25, 0.3) is 43.4 Å². The Kier molecular flexibility index (Phi) is 4.47. The second-order valence-electron chi connectivity index (χ2n) is 10.7. The number of rotatable bonds is 3. The molecule has 0 N–H and O–H groups in total. The zero-order valence-corrected chi connectivity index (χ0v) is 22.2. The van der Waals surface area contributed by atoms with Crippen LogP contribution in [-0.2, 0) is 6.42 Å². The Morgan fingerprint density at radius 1 is 0.575 bits per heavy atom. The van der Waals surface area contributed by atoms with Gasteiger partial charge in [-0.25, -0.2) is 0 Å². The van der Waals surface area contributed by atoms with Crippen LogP contribution in [0.1, 0.15) is 11.1 Å². The smallest absolute Gasteiger partial charge is 0.137 e. The number of para-hydroxylation sites is 1. The van der Waals surface area contributed by atoms with Crippen LogP contribution >= 0.6 is 11.6 Å². The first-order valence-electron chi connectivity index (χ1n) is 13.6. The molecule has 3 heteroatoms. The zero-order chi connectivity index (χ0) is 26.4. The summed E-state index contributed by atoms with van der Waals surface area (Å²) < 4.78 is 6.53. The average Bonchev–Trinajstić information content (AvgIpc) is 3.37. The van der Waals surface area contributed by atoms with Gasteiger partial charge in [0.15, 0.2) is 0 Å². The molecule has 0 fully saturated rings. The van der Waals surface area contributed by atoms with Gasteiger partial charge in [-0.2, -0.15) is 0 Å². The lowest BCUT2D eigenvalue weighted by atomic mass is 9.92. The number of hydrogen-bond donors (Lipinski definition) is 0. The fourth-order valence-electron chi connectivity index (χ4n) is 6.83. The van der Waals surface area contributed by atoms with Crippen molar-refractivity contribution in [2.24, 2.45) is 0 Å². The van der Waals surface area contributed by atoms with Crippen LogP contribution in [0.4, 0.5) is 17.1 Å². The van der Waals surface area contributed by atoms with E-state index < -0.39 is 0 Å². The molecule has 0 saturated heterocycles. The maximum atomic E-state index is 6.53. The first-order chi connectivity index (χ1) is 19.7. The highest BCUT2D eigenvalue weighted by Gasteiger charge is 2.28. The van der Waals surface area contributed by atoms with E-state index in [9.17, 15) is 0 Å². The quantitative estimate of drug-likeness (QED) is 0.210. The number of hydrogen-bond acceptors (Lipinski definition) is 2. The van der Waals surface area contributed by atoms with Crippen molar-refractivity contribution >= 4 is 61.0 Å². The molecule has 2 aliphatic rings. The van der Waals surface area contributed by atoms with Crippen molar-refractivity contribution in [1.82, 2.24) is 0 Å². The van der Waals surface area contributed by atoms with Gasteiger partial charge >= 0.3 is 0 Å². The fraction of sp³-hybridized carbons (Fsp3) is 0.0270. The second-order valence-corrected chi connectivity index (χ2v) is 11.1. The van der Waals surface area contributed by atoms with E-state index >= 15 is 0 Å². The van der Waals surface area contributed by atoms with E-state index in [1.165, 1.54) is 38.7 Å². The van der Waals surface area contributed by atoms with E-state index in [0.717, 1.165) is 50.8 Å². The molecule has 1 aliphatic heterocycles. The minimum Gasteiger partial charge on any atom is -0.456 e. The summed E-state index contributed by atoms with van der Waals surface area (Å²) in [6.45, 7) is 0. The molecule has 7 aromatic carbocycles. The predicted octanol–water partition coefficient (Wildman–Crippen LogP) is 10.9. The molecule has 0 unspecified atom stereocenters. The molecule has 40 heavy (non-hydrogen) atoms. The predicted molar refractivity (Wildman–Crippen MR) is 167 cm³/mol. The van der Waals surface area contributed by atoms with Crippen molar-refractivity contribution in [3.8, 4) is 22.6 Å². The summed E-state index contributed by atoms with van der Waals surface area (Å²) in [7, 11) is 0. The molecule has 7 aromatic rings. The van der Waals surface area contributed by atoms with Crippen LogP contribution < -0.4 is 9.64 Å². The third-order valence-electron chi connectivity index (χ3n) is 8.47. The van der Waals surface area contributed by atoms with Crippen LogP contribution in [0.2, 0.25) is 5.02 Å². The third kappa shape index (κ3) is 3.00. The van der Waals surface area contributed by atoms with Crippen LogP contribution in [0.15, 0.2) is 121 Å². The Morgan fingerprint density at radius 3 is 2.25 bits per heavy atom. The van der Waals surface area contributed by atoms with Gasteiger partial charge in [-0.05, 0) is 69.4 Å². The van der Waals surface area contributed by atoms with Gasteiger partial charge in [-0.1, -0.05) is 90.5 Å². The van der Waals surface area contributed by atoms with Gasteiger partial charge in [-0.3, -0.25) is 0 Å². The first kappa shape index (κ1) is 22.1. The molecule has 0 spiro atoms. The van der Waals surface area contributed by atoms with E-state index in [-0.39, 0.29) is 0 Å². The Balaban J connectivity index is 1.39. The van der Waals surface area contributed by atoms with Crippen LogP contribution in [0.3, 0.4) is 0 Å². The summed E-state index contributed by atoms with van der Waals surface area (Å²) in [4.78, 5) is 2.44. The van der Waals surface area contributed by atoms with Gasteiger partial charge in [0.25, 0.3) is 0 Å². The van der Waals surface area contributed by atoms with Gasteiger partial charge in [-0.15, -0.1) is 0 Å². The SMILES string of the molecule is Clc1cc2c3c(ccc4cc(N(c5ccccc5)c5cccc6c5Cc5ccccc5-6)c5cccc(c5c43)O2)c1.